The molecular weight excluding hydrogens is 360 g/mol. The van der Waals surface area contributed by atoms with Crippen molar-refractivity contribution in [2.24, 2.45) is 10.7 Å². The molecule has 0 aliphatic carbocycles. The lowest BCUT2D eigenvalue weighted by Gasteiger charge is -2.32. The first-order valence-corrected chi connectivity index (χ1v) is 9.87. The molecule has 9 heteroatoms. The van der Waals surface area contributed by atoms with Crippen LogP contribution in [0.1, 0.15) is 42.3 Å². The van der Waals surface area contributed by atoms with Crippen molar-refractivity contribution in [1.29, 1.82) is 0 Å². The number of rotatable bonds is 9. The van der Waals surface area contributed by atoms with Crippen LogP contribution >= 0.6 is 0 Å². The maximum Gasteiger partial charge on any atom is 0.287 e. The highest BCUT2D eigenvalue weighted by atomic mass is 16.3. The predicted octanol–water partition coefficient (Wildman–Crippen LogP) is 0.213. The van der Waals surface area contributed by atoms with Gasteiger partial charge in [0.15, 0.2) is 11.7 Å². The summed E-state index contributed by atoms with van der Waals surface area (Å²) in [5.41, 5.74) is 6.08. The molecule has 1 saturated heterocycles. The van der Waals surface area contributed by atoms with Crippen LogP contribution in [0.25, 0.3) is 0 Å². The molecule has 9 nitrogen and oxygen atoms in total. The number of carbonyl (C=O) groups excluding carboxylic acids is 2. The van der Waals surface area contributed by atoms with Crippen molar-refractivity contribution in [3.63, 3.8) is 0 Å². The van der Waals surface area contributed by atoms with Crippen LogP contribution in [0, 0.1) is 6.92 Å². The second-order valence-electron chi connectivity index (χ2n) is 6.96. The van der Waals surface area contributed by atoms with E-state index in [0.29, 0.717) is 31.4 Å². The Morgan fingerprint density at radius 2 is 2.07 bits per heavy atom. The number of furan rings is 1. The minimum Gasteiger partial charge on any atom is -0.459 e. The van der Waals surface area contributed by atoms with E-state index in [-0.39, 0.29) is 11.8 Å². The number of nitrogens with two attached hydrogens (primary N) is 1. The van der Waals surface area contributed by atoms with Gasteiger partial charge in [0.05, 0.1) is 12.8 Å². The Balaban J connectivity index is 1.69. The molecule has 1 fully saturated rings. The number of carbonyl (C=O) groups is 2. The fourth-order valence-corrected chi connectivity index (χ4v) is 3.13. The van der Waals surface area contributed by atoms with Gasteiger partial charge in [-0.3, -0.25) is 19.5 Å². The summed E-state index contributed by atoms with van der Waals surface area (Å²) in [5.74, 6) is 0.667. The summed E-state index contributed by atoms with van der Waals surface area (Å²) >= 11 is 0. The molecule has 0 spiro atoms. The van der Waals surface area contributed by atoms with E-state index < -0.39 is 0 Å². The lowest BCUT2D eigenvalue weighted by Crippen LogP contribution is -2.49. The maximum absolute atomic E-state index is 12.0. The Kier molecular flexibility index (Phi) is 8.80. The zero-order valence-electron chi connectivity index (χ0n) is 16.8. The fraction of sp³-hybridized carbons (Fsp3) is 0.632. The van der Waals surface area contributed by atoms with E-state index in [2.05, 4.69) is 25.8 Å². The maximum atomic E-state index is 12.0. The molecule has 1 aromatic rings. The van der Waals surface area contributed by atoms with Gasteiger partial charge in [0.25, 0.3) is 5.91 Å². The zero-order valence-corrected chi connectivity index (χ0v) is 16.8. The molecule has 1 aliphatic heterocycles. The van der Waals surface area contributed by atoms with E-state index in [1.165, 1.54) is 6.26 Å². The third-order valence-electron chi connectivity index (χ3n) is 4.61. The van der Waals surface area contributed by atoms with Gasteiger partial charge < -0.3 is 26.1 Å². The number of primary amides is 1. The van der Waals surface area contributed by atoms with Gasteiger partial charge in [-0.25, -0.2) is 0 Å². The second kappa shape index (κ2) is 11.3. The number of hydrogen-bond donors (Lipinski definition) is 4. The molecule has 0 saturated carbocycles. The monoisotopic (exact) mass is 392 g/mol. The van der Waals surface area contributed by atoms with Crippen molar-refractivity contribution >= 4 is 17.8 Å². The lowest BCUT2D eigenvalue weighted by molar-refractivity contribution is -0.119. The molecule has 1 aromatic heterocycles. The van der Waals surface area contributed by atoms with Crippen molar-refractivity contribution in [3.05, 3.63) is 23.7 Å². The number of nitrogens with one attached hydrogen (secondary N) is 3. The van der Waals surface area contributed by atoms with E-state index in [1.807, 2.05) is 13.8 Å². The average Bonchev–Trinajstić information content (AvgIpc) is 3.08. The van der Waals surface area contributed by atoms with Crippen LogP contribution in [0.15, 0.2) is 21.7 Å². The summed E-state index contributed by atoms with van der Waals surface area (Å²) in [6, 6.07) is 2.09. The summed E-state index contributed by atoms with van der Waals surface area (Å²) in [6.45, 7) is 7.80. The van der Waals surface area contributed by atoms with Gasteiger partial charge in [0.2, 0.25) is 5.91 Å². The molecule has 0 aromatic carbocycles. The van der Waals surface area contributed by atoms with Crippen molar-refractivity contribution < 1.29 is 14.0 Å². The number of piperidine rings is 1. The van der Waals surface area contributed by atoms with E-state index in [1.54, 1.807) is 6.07 Å². The number of likely N-dealkylation sites (tertiary alicyclic amines) is 1. The minimum atomic E-state index is -0.282. The third kappa shape index (κ3) is 7.22. The first kappa shape index (κ1) is 21.7. The molecule has 5 N–H and O–H groups in total. The van der Waals surface area contributed by atoms with Gasteiger partial charge in [0.1, 0.15) is 0 Å². The van der Waals surface area contributed by atoms with E-state index in [0.717, 1.165) is 50.4 Å². The van der Waals surface area contributed by atoms with E-state index in [9.17, 15) is 9.59 Å². The topological polar surface area (TPSA) is 125 Å². The molecule has 28 heavy (non-hydrogen) atoms. The van der Waals surface area contributed by atoms with Crippen LogP contribution in [-0.2, 0) is 4.79 Å². The molecule has 0 unspecified atom stereocenters. The highest BCUT2D eigenvalue weighted by Gasteiger charge is 2.20. The fourth-order valence-electron chi connectivity index (χ4n) is 3.13. The van der Waals surface area contributed by atoms with Gasteiger partial charge in [-0.05, 0) is 39.2 Å². The molecular formula is C19H32N6O3. The van der Waals surface area contributed by atoms with Gasteiger partial charge >= 0.3 is 0 Å². The molecule has 0 radical (unpaired) electrons. The summed E-state index contributed by atoms with van der Waals surface area (Å²) in [6.07, 6.45) is 4.13. The molecule has 0 atom stereocenters. The van der Waals surface area contributed by atoms with Crippen LogP contribution in [0.5, 0.6) is 0 Å². The van der Waals surface area contributed by atoms with Crippen LogP contribution in [-0.4, -0.2) is 68.0 Å². The number of aliphatic imine (C=N–C) groups is 1. The summed E-state index contributed by atoms with van der Waals surface area (Å²) < 4.78 is 5.18. The Hall–Kier alpha value is -2.55. The molecule has 2 amide bonds. The van der Waals surface area contributed by atoms with Crippen molar-refractivity contribution in [1.82, 2.24) is 20.9 Å². The number of guanidine groups is 1. The van der Waals surface area contributed by atoms with E-state index >= 15 is 0 Å². The first-order chi connectivity index (χ1) is 13.5. The van der Waals surface area contributed by atoms with Crippen molar-refractivity contribution in [2.75, 3.05) is 39.3 Å². The Labute approximate surface area is 166 Å². The van der Waals surface area contributed by atoms with E-state index in [4.69, 9.17) is 10.2 Å². The number of nitrogens with zero attached hydrogens (tertiary/aromatic N) is 2. The average molecular weight is 393 g/mol. The molecule has 2 heterocycles. The quantitative estimate of drug-likeness (QED) is 0.271. The zero-order chi connectivity index (χ0) is 20.4. The summed E-state index contributed by atoms with van der Waals surface area (Å²) in [5, 5.41) is 9.55. The second-order valence-corrected chi connectivity index (χ2v) is 6.96. The van der Waals surface area contributed by atoms with Crippen molar-refractivity contribution in [3.8, 4) is 0 Å². The standard InChI is InChI=1S/C19H32N6O3/c1-3-21-19(24-15-5-10-25(11-6-15)13-16(20)26)23-9-4-8-22-18(27)17-14(2)7-12-28-17/h7,12,15H,3-6,8-11,13H2,1-2H3,(H2,20,26)(H,22,27)(H2,21,23,24). The third-order valence-corrected chi connectivity index (χ3v) is 4.61. The van der Waals surface area contributed by atoms with Gasteiger partial charge in [0, 0.05) is 44.3 Å². The molecule has 156 valence electrons. The number of amides is 2. The SMILES string of the molecule is CCNC(=NCCCNC(=O)c1occc1C)NC1CCN(CC(N)=O)CC1. The summed E-state index contributed by atoms with van der Waals surface area (Å²) in [4.78, 5) is 29.7. The Bertz CT molecular complexity index is 664. The minimum absolute atomic E-state index is 0.195. The molecule has 0 bridgehead atoms. The Morgan fingerprint density at radius 1 is 1.32 bits per heavy atom. The van der Waals surface area contributed by atoms with Gasteiger partial charge in [-0.15, -0.1) is 0 Å². The predicted molar refractivity (Wildman–Crippen MR) is 108 cm³/mol. The van der Waals surface area contributed by atoms with Crippen LogP contribution < -0.4 is 21.7 Å². The molecule has 1 aliphatic rings. The first-order valence-electron chi connectivity index (χ1n) is 9.87. The smallest absolute Gasteiger partial charge is 0.287 e. The van der Waals surface area contributed by atoms with Crippen LogP contribution in [0.2, 0.25) is 0 Å². The lowest BCUT2D eigenvalue weighted by atomic mass is 10.1. The summed E-state index contributed by atoms with van der Waals surface area (Å²) in [7, 11) is 0. The number of aryl methyl sites for hydroxylation is 1. The number of hydrogen-bond acceptors (Lipinski definition) is 5. The van der Waals surface area contributed by atoms with Gasteiger partial charge in [-0.1, -0.05) is 0 Å². The Morgan fingerprint density at radius 3 is 2.68 bits per heavy atom. The largest absolute Gasteiger partial charge is 0.459 e. The normalized spacial score (nSPS) is 16.0. The molecule has 2 rings (SSSR count). The van der Waals surface area contributed by atoms with Crippen molar-refractivity contribution in [2.45, 2.75) is 39.2 Å². The van der Waals surface area contributed by atoms with Crippen LogP contribution in [0.3, 0.4) is 0 Å². The highest BCUT2D eigenvalue weighted by molar-refractivity contribution is 5.92. The van der Waals surface area contributed by atoms with Gasteiger partial charge in [-0.2, -0.15) is 0 Å². The van der Waals surface area contributed by atoms with Crippen LogP contribution in [0.4, 0.5) is 0 Å². The highest BCUT2D eigenvalue weighted by Crippen LogP contribution is 2.10.